The van der Waals surface area contributed by atoms with E-state index in [0.29, 0.717) is 5.13 Å². The van der Waals surface area contributed by atoms with Gasteiger partial charge in [0.1, 0.15) is 0 Å². The highest BCUT2D eigenvalue weighted by Gasteiger charge is 2.14. The van der Waals surface area contributed by atoms with Gasteiger partial charge >= 0.3 is 6.03 Å². The van der Waals surface area contributed by atoms with Crippen LogP contribution in [0.5, 0.6) is 0 Å². The zero-order valence-corrected chi connectivity index (χ0v) is 13.4. The van der Waals surface area contributed by atoms with Crippen LogP contribution in [0.15, 0.2) is 16.5 Å². The number of nitrogens with zero attached hydrogens (tertiary/aromatic N) is 3. The largest absolute Gasteiger partial charge is 0.341 e. The smallest absolute Gasteiger partial charge is 0.323 e. The topological polar surface area (TPSA) is 58.1 Å². The van der Waals surface area contributed by atoms with Gasteiger partial charge in [0.2, 0.25) is 5.13 Å². The molecule has 0 spiro atoms. The Morgan fingerprint density at radius 2 is 2.26 bits per heavy atom. The van der Waals surface area contributed by atoms with E-state index in [2.05, 4.69) is 15.5 Å². The Kier molecular flexibility index (Phi) is 5.03. The van der Waals surface area contributed by atoms with E-state index in [-0.39, 0.29) is 6.03 Å². The second kappa shape index (κ2) is 6.56. The summed E-state index contributed by atoms with van der Waals surface area (Å²) in [7, 11) is 3.24. The third kappa shape index (κ3) is 3.82. The maximum atomic E-state index is 11.4. The fourth-order valence-electron chi connectivity index (χ4n) is 1.21. The second-order valence-electron chi connectivity index (χ2n) is 3.46. The van der Waals surface area contributed by atoms with E-state index in [0.717, 1.165) is 14.4 Å². The van der Waals surface area contributed by atoms with Crippen molar-refractivity contribution in [3.63, 3.8) is 0 Å². The number of carbonyl (C=O) groups is 1. The van der Waals surface area contributed by atoms with Gasteiger partial charge in [-0.15, -0.1) is 21.5 Å². The van der Waals surface area contributed by atoms with Crippen molar-refractivity contribution in [1.82, 2.24) is 15.5 Å². The molecule has 2 aromatic heterocycles. The van der Waals surface area contributed by atoms with Gasteiger partial charge in [0, 0.05) is 24.7 Å². The first-order valence-corrected chi connectivity index (χ1v) is 8.25. The first-order chi connectivity index (χ1) is 9.10. The highest BCUT2D eigenvalue weighted by molar-refractivity contribution is 8.00. The van der Waals surface area contributed by atoms with Crippen molar-refractivity contribution in [3.05, 3.63) is 21.3 Å². The Balaban J connectivity index is 1.95. The van der Waals surface area contributed by atoms with Crippen LogP contribution in [0.1, 0.15) is 4.88 Å². The molecule has 102 valence electrons. The molecule has 0 radical (unpaired) electrons. The van der Waals surface area contributed by atoms with Gasteiger partial charge in [0.05, 0.1) is 4.34 Å². The summed E-state index contributed by atoms with van der Waals surface area (Å²) in [6, 6.07) is 3.67. The number of aromatic nitrogens is 2. The lowest BCUT2D eigenvalue weighted by atomic mass is 10.5. The highest BCUT2D eigenvalue weighted by atomic mass is 35.5. The summed E-state index contributed by atoms with van der Waals surface area (Å²) in [5, 5.41) is 11.2. The van der Waals surface area contributed by atoms with E-state index in [1.807, 2.05) is 12.1 Å². The summed E-state index contributed by atoms with van der Waals surface area (Å²) in [4.78, 5) is 14.1. The Morgan fingerprint density at radius 1 is 1.47 bits per heavy atom. The number of hydrogen-bond acceptors (Lipinski definition) is 6. The van der Waals surface area contributed by atoms with Gasteiger partial charge in [0.15, 0.2) is 4.34 Å². The molecule has 0 bridgehead atoms. The first-order valence-electron chi connectivity index (χ1n) is 5.26. The standard InChI is InChI=1S/C10H11ClN4OS3/c1-12-8(16)15(2)9-13-14-10(19-9)17-5-6-3-4-7(11)18-6/h3-4H,5H2,1-2H3,(H,12,16). The van der Waals surface area contributed by atoms with E-state index >= 15 is 0 Å². The Morgan fingerprint density at radius 3 is 2.89 bits per heavy atom. The predicted octanol–water partition coefficient (Wildman–Crippen LogP) is 3.32. The molecule has 2 heterocycles. The number of urea groups is 1. The molecule has 5 nitrogen and oxygen atoms in total. The van der Waals surface area contributed by atoms with Crippen LogP contribution in [0.2, 0.25) is 4.34 Å². The van der Waals surface area contributed by atoms with E-state index in [9.17, 15) is 4.79 Å². The van der Waals surface area contributed by atoms with Crippen LogP contribution in [0.4, 0.5) is 9.93 Å². The summed E-state index contributed by atoms with van der Waals surface area (Å²) in [6.45, 7) is 0. The number of nitrogens with one attached hydrogen (secondary N) is 1. The molecule has 0 fully saturated rings. The normalized spacial score (nSPS) is 10.5. The Bertz CT molecular complexity index is 571. The molecule has 0 saturated carbocycles. The number of thiophene rings is 1. The summed E-state index contributed by atoms with van der Waals surface area (Å²) in [6.07, 6.45) is 0. The van der Waals surface area contributed by atoms with Crippen LogP contribution >= 0.6 is 46.0 Å². The number of thioether (sulfide) groups is 1. The van der Waals surface area contributed by atoms with E-state index in [1.165, 1.54) is 21.1 Å². The van der Waals surface area contributed by atoms with E-state index in [4.69, 9.17) is 11.6 Å². The molecular formula is C10H11ClN4OS3. The van der Waals surface area contributed by atoms with Crippen LogP contribution in [0.25, 0.3) is 0 Å². The van der Waals surface area contributed by atoms with Crippen molar-refractivity contribution in [2.75, 3.05) is 19.0 Å². The Hall–Kier alpha value is -0.830. The number of hydrogen-bond donors (Lipinski definition) is 1. The van der Waals surface area contributed by atoms with Gasteiger partial charge in [-0.05, 0) is 12.1 Å². The number of rotatable bonds is 4. The minimum Gasteiger partial charge on any atom is -0.341 e. The van der Waals surface area contributed by atoms with Gasteiger partial charge in [-0.3, -0.25) is 4.90 Å². The maximum absolute atomic E-state index is 11.4. The van der Waals surface area contributed by atoms with Gasteiger partial charge in [0.25, 0.3) is 0 Å². The molecule has 0 saturated heterocycles. The zero-order valence-electron chi connectivity index (χ0n) is 10.2. The van der Waals surface area contributed by atoms with Crippen molar-refractivity contribution < 1.29 is 4.79 Å². The van der Waals surface area contributed by atoms with Crippen LogP contribution in [0, 0.1) is 0 Å². The highest BCUT2D eigenvalue weighted by Crippen LogP contribution is 2.32. The lowest BCUT2D eigenvalue weighted by Gasteiger charge is -2.10. The molecule has 0 aromatic carbocycles. The molecule has 0 aliphatic heterocycles. The first kappa shape index (κ1) is 14.6. The lowest BCUT2D eigenvalue weighted by molar-refractivity contribution is 0.249. The van der Waals surface area contributed by atoms with Crippen molar-refractivity contribution in [2.24, 2.45) is 0 Å². The van der Waals surface area contributed by atoms with Crippen LogP contribution in [0.3, 0.4) is 0 Å². The number of carbonyl (C=O) groups excluding carboxylic acids is 1. The van der Waals surface area contributed by atoms with E-state index in [1.54, 1.807) is 37.2 Å². The SMILES string of the molecule is CNC(=O)N(C)c1nnc(SCc2ccc(Cl)s2)s1. The molecular weight excluding hydrogens is 324 g/mol. The quantitative estimate of drug-likeness (QED) is 0.688. The van der Waals surface area contributed by atoms with Crippen molar-refractivity contribution in [3.8, 4) is 0 Å². The molecule has 19 heavy (non-hydrogen) atoms. The molecule has 0 aliphatic carbocycles. The van der Waals surface area contributed by atoms with Gasteiger partial charge in [-0.2, -0.15) is 0 Å². The average Bonchev–Trinajstić information content (AvgIpc) is 3.03. The fraction of sp³-hybridized carbons (Fsp3) is 0.300. The van der Waals surface area contributed by atoms with Gasteiger partial charge < -0.3 is 5.32 Å². The van der Waals surface area contributed by atoms with E-state index < -0.39 is 0 Å². The molecule has 0 unspecified atom stereocenters. The molecule has 2 amide bonds. The fourth-order valence-corrected chi connectivity index (χ4v) is 4.14. The third-order valence-electron chi connectivity index (χ3n) is 2.17. The predicted molar refractivity (Wildman–Crippen MR) is 81.7 cm³/mol. The minimum absolute atomic E-state index is 0.210. The molecule has 2 aromatic rings. The van der Waals surface area contributed by atoms with Crippen LogP contribution in [-0.2, 0) is 5.75 Å². The summed E-state index contributed by atoms with van der Waals surface area (Å²) < 4.78 is 1.61. The molecule has 2 rings (SSSR count). The monoisotopic (exact) mass is 334 g/mol. The lowest BCUT2D eigenvalue weighted by Crippen LogP contribution is -2.34. The number of amides is 2. The van der Waals surface area contributed by atoms with Crippen molar-refractivity contribution >= 4 is 57.2 Å². The van der Waals surface area contributed by atoms with Crippen LogP contribution in [-0.4, -0.2) is 30.3 Å². The third-order valence-corrected chi connectivity index (χ3v) is 5.76. The second-order valence-corrected chi connectivity index (χ2v) is 7.44. The molecule has 0 atom stereocenters. The zero-order chi connectivity index (χ0) is 13.8. The minimum atomic E-state index is -0.210. The Labute approximate surface area is 128 Å². The van der Waals surface area contributed by atoms with Crippen molar-refractivity contribution in [2.45, 2.75) is 10.1 Å². The van der Waals surface area contributed by atoms with Crippen LogP contribution < -0.4 is 10.2 Å². The van der Waals surface area contributed by atoms with Gasteiger partial charge in [-0.25, -0.2) is 4.79 Å². The number of halogens is 1. The molecule has 1 N–H and O–H groups in total. The summed E-state index contributed by atoms with van der Waals surface area (Å²) >= 11 is 10.4. The van der Waals surface area contributed by atoms with Crippen molar-refractivity contribution in [1.29, 1.82) is 0 Å². The molecule has 9 heteroatoms. The summed E-state index contributed by atoms with van der Waals surface area (Å²) in [5.74, 6) is 0.801. The van der Waals surface area contributed by atoms with Gasteiger partial charge in [-0.1, -0.05) is 34.7 Å². The summed E-state index contributed by atoms with van der Waals surface area (Å²) in [5.41, 5.74) is 0. The average molecular weight is 335 g/mol. The molecule has 0 aliphatic rings. The maximum Gasteiger partial charge on any atom is 0.323 e. The number of anilines is 1.